The first-order valence-corrected chi connectivity index (χ1v) is 8.85. The Bertz CT molecular complexity index is 535. The van der Waals surface area contributed by atoms with E-state index >= 15 is 0 Å². The van der Waals surface area contributed by atoms with Crippen molar-refractivity contribution in [2.45, 2.75) is 50.5 Å². The van der Waals surface area contributed by atoms with Gasteiger partial charge in [0.15, 0.2) is 0 Å². The van der Waals surface area contributed by atoms with Gasteiger partial charge < -0.3 is 14.6 Å². The van der Waals surface area contributed by atoms with E-state index in [1.807, 2.05) is 30.3 Å². The van der Waals surface area contributed by atoms with Crippen LogP contribution in [0, 0.1) is 5.92 Å². The Kier molecular flexibility index (Phi) is 5.87. The first-order valence-electron chi connectivity index (χ1n) is 8.85. The Morgan fingerprint density at radius 1 is 1.29 bits per heavy atom. The van der Waals surface area contributed by atoms with E-state index in [2.05, 4.69) is 4.90 Å². The van der Waals surface area contributed by atoms with Gasteiger partial charge in [-0.25, -0.2) is 0 Å². The number of aliphatic hydroxyl groups is 1. The van der Waals surface area contributed by atoms with Crippen LogP contribution in [0.15, 0.2) is 30.3 Å². The lowest BCUT2D eigenvalue weighted by Crippen LogP contribution is -2.43. The minimum atomic E-state index is -0.666. The molecule has 24 heavy (non-hydrogen) atoms. The summed E-state index contributed by atoms with van der Waals surface area (Å²) in [7, 11) is 1.40. The van der Waals surface area contributed by atoms with Gasteiger partial charge in [0.1, 0.15) is 0 Å². The molecule has 0 aromatic heterocycles. The van der Waals surface area contributed by atoms with Crippen molar-refractivity contribution in [1.29, 1.82) is 0 Å². The van der Waals surface area contributed by atoms with Crippen LogP contribution < -0.4 is 0 Å². The summed E-state index contributed by atoms with van der Waals surface area (Å²) < 4.78 is 10.7. The number of aliphatic hydroxyl groups excluding tert-OH is 1. The number of esters is 1. The van der Waals surface area contributed by atoms with Crippen LogP contribution in [-0.4, -0.2) is 54.4 Å². The predicted octanol–water partition coefficient (Wildman–Crippen LogP) is 1.98. The predicted molar refractivity (Wildman–Crippen MR) is 90.4 cm³/mol. The van der Waals surface area contributed by atoms with Crippen molar-refractivity contribution in [2.75, 3.05) is 20.3 Å². The molecule has 2 aliphatic rings. The summed E-state index contributed by atoms with van der Waals surface area (Å²) in [5, 5.41) is 10.7. The van der Waals surface area contributed by atoms with Crippen LogP contribution in [0.3, 0.4) is 0 Å². The van der Waals surface area contributed by atoms with E-state index in [4.69, 9.17) is 9.47 Å². The second-order valence-electron chi connectivity index (χ2n) is 6.73. The molecule has 1 aromatic carbocycles. The third kappa shape index (κ3) is 3.63. The van der Waals surface area contributed by atoms with Crippen LogP contribution >= 0.6 is 0 Å². The van der Waals surface area contributed by atoms with Crippen LogP contribution in [0.25, 0.3) is 0 Å². The third-order valence-electron chi connectivity index (χ3n) is 5.34. The Labute approximate surface area is 143 Å². The molecule has 5 heteroatoms. The number of carbonyl (C=O) groups is 1. The molecule has 3 rings (SSSR count). The number of piperidine rings is 1. The molecule has 0 unspecified atom stereocenters. The smallest absolute Gasteiger partial charge is 0.312 e. The van der Waals surface area contributed by atoms with Gasteiger partial charge >= 0.3 is 5.97 Å². The number of hydrogen-bond acceptors (Lipinski definition) is 5. The first kappa shape index (κ1) is 17.4. The zero-order chi connectivity index (χ0) is 16.9. The second kappa shape index (κ2) is 8.10. The molecule has 4 atom stereocenters. The quantitative estimate of drug-likeness (QED) is 0.637. The van der Waals surface area contributed by atoms with E-state index in [1.165, 1.54) is 7.11 Å². The van der Waals surface area contributed by atoms with Crippen molar-refractivity contribution in [3.05, 3.63) is 35.9 Å². The number of ether oxygens (including phenoxy) is 2. The minimum absolute atomic E-state index is 0.0184. The highest BCUT2D eigenvalue weighted by Crippen LogP contribution is 2.38. The average Bonchev–Trinajstić information content (AvgIpc) is 2.91. The summed E-state index contributed by atoms with van der Waals surface area (Å²) in [6, 6.07) is 10.2. The van der Waals surface area contributed by atoms with Crippen molar-refractivity contribution in [3.63, 3.8) is 0 Å². The van der Waals surface area contributed by atoms with Crippen molar-refractivity contribution in [1.82, 2.24) is 4.90 Å². The number of fused-ring (bicyclic) bond motifs is 1. The normalized spacial score (nSPS) is 30.1. The molecule has 0 aliphatic carbocycles. The maximum Gasteiger partial charge on any atom is 0.312 e. The Morgan fingerprint density at radius 2 is 2.08 bits per heavy atom. The monoisotopic (exact) mass is 333 g/mol. The van der Waals surface area contributed by atoms with Crippen LogP contribution in [0.1, 0.15) is 31.2 Å². The lowest BCUT2D eigenvalue weighted by atomic mass is 9.91. The summed E-state index contributed by atoms with van der Waals surface area (Å²) in [6.07, 6.45) is 3.26. The molecule has 2 heterocycles. The number of rotatable bonds is 6. The summed E-state index contributed by atoms with van der Waals surface area (Å²) >= 11 is 0. The Morgan fingerprint density at radius 3 is 2.83 bits per heavy atom. The zero-order valence-electron chi connectivity index (χ0n) is 14.3. The first-order chi connectivity index (χ1) is 11.7. The maximum absolute atomic E-state index is 12.1. The molecule has 0 spiro atoms. The number of nitrogens with zero attached hydrogens (tertiary/aromatic N) is 1. The van der Waals surface area contributed by atoms with Gasteiger partial charge in [-0.1, -0.05) is 36.8 Å². The van der Waals surface area contributed by atoms with E-state index in [1.54, 1.807) is 0 Å². The average molecular weight is 333 g/mol. The lowest BCUT2D eigenvalue weighted by molar-refractivity contribution is -0.149. The minimum Gasteiger partial charge on any atom is -0.469 e. The fourth-order valence-electron chi connectivity index (χ4n) is 4.18. The molecule has 0 radical (unpaired) electrons. The fraction of sp³-hybridized carbons (Fsp3) is 0.632. The molecule has 2 fully saturated rings. The zero-order valence-corrected chi connectivity index (χ0v) is 14.3. The van der Waals surface area contributed by atoms with Crippen LogP contribution in [0.4, 0.5) is 0 Å². The highest BCUT2D eigenvalue weighted by Gasteiger charge is 2.52. The van der Waals surface area contributed by atoms with Gasteiger partial charge in [0.05, 0.1) is 25.7 Å². The summed E-state index contributed by atoms with van der Waals surface area (Å²) in [4.78, 5) is 14.4. The Balaban J connectivity index is 1.56. The van der Waals surface area contributed by atoms with Gasteiger partial charge in [0.2, 0.25) is 0 Å². The van der Waals surface area contributed by atoms with Gasteiger partial charge in [-0.2, -0.15) is 0 Å². The largest absolute Gasteiger partial charge is 0.469 e. The van der Waals surface area contributed by atoms with Crippen molar-refractivity contribution >= 4 is 5.97 Å². The molecule has 1 aromatic rings. The molecule has 0 saturated carbocycles. The van der Waals surface area contributed by atoms with Gasteiger partial charge in [-0.3, -0.25) is 9.69 Å². The lowest BCUT2D eigenvalue weighted by Gasteiger charge is -2.34. The summed E-state index contributed by atoms with van der Waals surface area (Å²) in [6.45, 7) is 2.10. The molecule has 132 valence electrons. The molecular formula is C19H27NO4. The highest BCUT2D eigenvalue weighted by molar-refractivity contribution is 5.74. The topological polar surface area (TPSA) is 59.0 Å². The Hall–Kier alpha value is -1.43. The maximum atomic E-state index is 12.1. The number of carbonyl (C=O) groups excluding carboxylic acids is 1. The van der Waals surface area contributed by atoms with Crippen LogP contribution in [0.2, 0.25) is 0 Å². The molecule has 1 N–H and O–H groups in total. The number of benzene rings is 1. The summed E-state index contributed by atoms with van der Waals surface area (Å²) in [5.41, 5.74) is 1.15. The van der Waals surface area contributed by atoms with E-state index in [-0.39, 0.29) is 18.1 Å². The molecule has 2 saturated heterocycles. The molecule has 0 bridgehead atoms. The number of hydrogen-bond donors (Lipinski definition) is 1. The van der Waals surface area contributed by atoms with Crippen molar-refractivity contribution in [3.8, 4) is 0 Å². The van der Waals surface area contributed by atoms with Crippen LogP contribution in [-0.2, 0) is 20.9 Å². The molecule has 0 amide bonds. The third-order valence-corrected chi connectivity index (χ3v) is 5.34. The highest BCUT2D eigenvalue weighted by atomic mass is 16.5. The van der Waals surface area contributed by atoms with E-state index in [0.717, 1.165) is 37.8 Å². The molecule has 5 nitrogen and oxygen atoms in total. The van der Waals surface area contributed by atoms with E-state index < -0.39 is 12.0 Å². The number of methoxy groups -OCH3 is 1. The van der Waals surface area contributed by atoms with Crippen LogP contribution in [0.5, 0.6) is 0 Å². The van der Waals surface area contributed by atoms with Gasteiger partial charge in [0, 0.05) is 18.7 Å². The second-order valence-corrected chi connectivity index (χ2v) is 6.73. The van der Waals surface area contributed by atoms with Crippen molar-refractivity contribution in [2.24, 2.45) is 5.92 Å². The molecular weight excluding hydrogens is 306 g/mol. The fourth-order valence-corrected chi connectivity index (χ4v) is 4.18. The standard InChI is InChI=1S/C19H27NO4/c1-23-19(22)17-15-9-5-6-11-20(15)16(18(17)21)10-12-24-13-14-7-3-2-4-8-14/h2-4,7-8,15-18,21H,5-6,9-13H2,1H3/t15-,16-,17-,18+/m1/s1. The van der Waals surface area contributed by atoms with Gasteiger partial charge in [-0.05, 0) is 31.4 Å². The van der Waals surface area contributed by atoms with E-state index in [0.29, 0.717) is 13.2 Å². The van der Waals surface area contributed by atoms with Gasteiger partial charge in [0.25, 0.3) is 0 Å². The van der Waals surface area contributed by atoms with Gasteiger partial charge in [-0.15, -0.1) is 0 Å². The van der Waals surface area contributed by atoms with E-state index in [9.17, 15) is 9.90 Å². The summed E-state index contributed by atoms with van der Waals surface area (Å²) in [5.74, 6) is -0.707. The molecule has 2 aliphatic heterocycles. The SMILES string of the molecule is COC(=O)[C@H]1[C@@H](O)[C@@H](CCOCc2ccccc2)N2CCCC[C@H]12. The van der Waals surface area contributed by atoms with Crippen molar-refractivity contribution < 1.29 is 19.4 Å².